The van der Waals surface area contributed by atoms with Crippen molar-refractivity contribution >= 4 is 27.3 Å². The van der Waals surface area contributed by atoms with E-state index in [2.05, 4.69) is 5.32 Å². The number of amides is 1. The van der Waals surface area contributed by atoms with E-state index in [-0.39, 0.29) is 10.8 Å². The minimum absolute atomic E-state index is 0.0243. The van der Waals surface area contributed by atoms with E-state index in [1.807, 2.05) is 0 Å². The summed E-state index contributed by atoms with van der Waals surface area (Å²) in [4.78, 5) is 11.6. The van der Waals surface area contributed by atoms with Gasteiger partial charge in [-0.05, 0) is 13.0 Å². The van der Waals surface area contributed by atoms with E-state index >= 15 is 0 Å². The normalized spacial score (nSPS) is 11.3. The average molecular weight is 234 g/mol. The molecule has 0 aliphatic carbocycles. The van der Waals surface area contributed by atoms with Crippen LogP contribution in [0, 0.1) is 0 Å². The Morgan fingerprint density at radius 1 is 1.64 bits per heavy atom. The summed E-state index contributed by atoms with van der Waals surface area (Å²) in [5.41, 5.74) is 0. The van der Waals surface area contributed by atoms with E-state index in [0.717, 1.165) is 11.3 Å². The van der Waals surface area contributed by atoms with Gasteiger partial charge in [0.25, 0.3) is 5.91 Å². The van der Waals surface area contributed by atoms with Gasteiger partial charge in [0.1, 0.15) is 0 Å². The molecule has 0 atom stereocenters. The first-order valence-electron chi connectivity index (χ1n) is 3.84. The molecule has 0 bridgehead atoms. The van der Waals surface area contributed by atoms with Crippen LogP contribution in [0.5, 0.6) is 0 Å². The Hall–Kier alpha value is -0.920. The van der Waals surface area contributed by atoms with Gasteiger partial charge in [0.15, 0.2) is 0 Å². The van der Waals surface area contributed by atoms with Crippen LogP contribution in [0.1, 0.15) is 16.6 Å². The van der Waals surface area contributed by atoms with Crippen LogP contribution in [0.4, 0.5) is 0 Å². The predicted molar refractivity (Wildman–Crippen MR) is 53.7 cm³/mol. The second kappa shape index (κ2) is 4.07. The van der Waals surface area contributed by atoms with Crippen LogP contribution < -0.4 is 10.5 Å². The topological polar surface area (TPSA) is 89.3 Å². The number of hydrogen-bond acceptors (Lipinski definition) is 4. The van der Waals surface area contributed by atoms with E-state index in [0.29, 0.717) is 11.4 Å². The molecule has 7 heteroatoms. The molecule has 0 radical (unpaired) electrons. The predicted octanol–water partition coefficient (Wildman–Crippen LogP) is 0.145. The maximum absolute atomic E-state index is 11.2. The number of sulfonamides is 1. The molecule has 0 aliphatic rings. The third-order valence-electron chi connectivity index (χ3n) is 1.47. The van der Waals surface area contributed by atoms with Gasteiger partial charge in [0.05, 0.1) is 9.77 Å². The first kappa shape index (κ1) is 11.2. The Balaban J connectivity index is 2.94. The summed E-state index contributed by atoms with van der Waals surface area (Å²) in [7, 11) is -3.70. The highest BCUT2D eigenvalue weighted by atomic mass is 32.2. The molecule has 0 spiro atoms. The first-order valence-corrected chi connectivity index (χ1v) is 6.27. The van der Waals surface area contributed by atoms with E-state index < -0.39 is 10.0 Å². The fourth-order valence-corrected chi connectivity index (χ4v) is 2.56. The largest absolute Gasteiger partial charge is 0.352 e. The molecule has 0 unspecified atom stereocenters. The van der Waals surface area contributed by atoms with Crippen LogP contribution in [0.2, 0.25) is 0 Å². The van der Waals surface area contributed by atoms with Crippen molar-refractivity contribution in [2.75, 3.05) is 6.54 Å². The van der Waals surface area contributed by atoms with Crippen LogP contribution in [-0.2, 0) is 10.0 Å². The highest BCUT2D eigenvalue weighted by molar-refractivity contribution is 7.89. The Labute approximate surface area is 86.0 Å². The fraction of sp³-hybridized carbons (Fsp3) is 0.286. The van der Waals surface area contributed by atoms with E-state index in [4.69, 9.17) is 5.14 Å². The molecule has 0 aromatic carbocycles. The van der Waals surface area contributed by atoms with Gasteiger partial charge in [0, 0.05) is 11.9 Å². The lowest BCUT2D eigenvalue weighted by atomic mass is 10.4. The molecular formula is C7H10N2O3S2. The number of carbonyl (C=O) groups is 1. The van der Waals surface area contributed by atoms with Crippen molar-refractivity contribution in [2.24, 2.45) is 5.14 Å². The van der Waals surface area contributed by atoms with E-state index in [9.17, 15) is 13.2 Å². The standard InChI is InChI=1S/C7H10N2O3S2/c1-2-9-7(10)6-3-5(4-13-6)14(8,11)12/h3-4H,2H2,1H3,(H,9,10)(H2,8,11,12). The van der Waals surface area contributed by atoms with Crippen LogP contribution in [0.3, 0.4) is 0 Å². The Morgan fingerprint density at radius 3 is 2.71 bits per heavy atom. The molecule has 3 N–H and O–H groups in total. The van der Waals surface area contributed by atoms with Crippen molar-refractivity contribution in [2.45, 2.75) is 11.8 Å². The van der Waals surface area contributed by atoms with Gasteiger partial charge >= 0.3 is 0 Å². The third kappa shape index (κ3) is 2.53. The Kier molecular flexibility index (Phi) is 3.25. The van der Waals surface area contributed by atoms with Crippen LogP contribution in [0.25, 0.3) is 0 Å². The zero-order valence-corrected chi connectivity index (χ0v) is 9.11. The number of hydrogen-bond donors (Lipinski definition) is 2. The summed E-state index contributed by atoms with van der Waals surface area (Å²) in [6.45, 7) is 2.29. The van der Waals surface area contributed by atoms with Crippen LogP contribution in [-0.4, -0.2) is 20.9 Å². The molecule has 0 fully saturated rings. The van der Waals surface area contributed by atoms with Gasteiger partial charge in [-0.1, -0.05) is 0 Å². The van der Waals surface area contributed by atoms with Crippen LogP contribution >= 0.6 is 11.3 Å². The number of primary sulfonamides is 1. The Morgan fingerprint density at radius 2 is 2.29 bits per heavy atom. The highest BCUT2D eigenvalue weighted by Crippen LogP contribution is 2.17. The van der Waals surface area contributed by atoms with Gasteiger partial charge in [0.2, 0.25) is 10.0 Å². The number of nitrogens with one attached hydrogen (secondary N) is 1. The molecule has 1 rings (SSSR count). The maximum Gasteiger partial charge on any atom is 0.261 e. The molecule has 1 aromatic heterocycles. The number of thiophene rings is 1. The monoisotopic (exact) mass is 234 g/mol. The van der Waals surface area contributed by atoms with Crippen molar-refractivity contribution in [3.63, 3.8) is 0 Å². The van der Waals surface area contributed by atoms with Gasteiger partial charge < -0.3 is 5.32 Å². The lowest BCUT2D eigenvalue weighted by molar-refractivity contribution is 0.0960. The SMILES string of the molecule is CCNC(=O)c1cc(S(N)(=O)=O)cs1. The molecule has 0 saturated heterocycles. The van der Waals surface area contributed by atoms with Crippen LogP contribution in [0.15, 0.2) is 16.3 Å². The van der Waals surface area contributed by atoms with E-state index in [1.165, 1.54) is 11.4 Å². The fourth-order valence-electron chi connectivity index (χ4n) is 0.835. The van der Waals surface area contributed by atoms with Gasteiger partial charge in [-0.3, -0.25) is 4.79 Å². The lowest BCUT2D eigenvalue weighted by Gasteiger charge is -1.96. The van der Waals surface area contributed by atoms with Crippen molar-refractivity contribution in [1.29, 1.82) is 0 Å². The average Bonchev–Trinajstić information content (AvgIpc) is 2.51. The van der Waals surface area contributed by atoms with Gasteiger partial charge in [-0.25, -0.2) is 13.6 Å². The molecular weight excluding hydrogens is 224 g/mol. The molecule has 0 aliphatic heterocycles. The molecule has 1 aromatic rings. The summed E-state index contributed by atoms with van der Waals surface area (Å²) in [5.74, 6) is -0.285. The molecule has 0 saturated carbocycles. The molecule has 5 nitrogen and oxygen atoms in total. The minimum atomic E-state index is -3.70. The second-order valence-corrected chi connectivity index (χ2v) is 5.02. The minimum Gasteiger partial charge on any atom is -0.352 e. The van der Waals surface area contributed by atoms with Crippen molar-refractivity contribution in [3.8, 4) is 0 Å². The zero-order chi connectivity index (χ0) is 10.8. The number of rotatable bonds is 3. The Bertz CT molecular complexity index is 436. The molecule has 1 heterocycles. The van der Waals surface area contributed by atoms with Gasteiger partial charge in [-0.15, -0.1) is 11.3 Å². The molecule has 14 heavy (non-hydrogen) atoms. The first-order chi connectivity index (χ1) is 6.45. The number of nitrogens with two attached hydrogens (primary N) is 1. The molecule has 78 valence electrons. The van der Waals surface area contributed by atoms with Crippen molar-refractivity contribution in [1.82, 2.24) is 5.32 Å². The zero-order valence-electron chi connectivity index (χ0n) is 7.48. The summed E-state index contributed by atoms with van der Waals surface area (Å²) in [6.07, 6.45) is 0. The second-order valence-electron chi connectivity index (χ2n) is 2.55. The summed E-state index contributed by atoms with van der Waals surface area (Å²) >= 11 is 1.05. The number of carbonyl (C=O) groups excluding carboxylic acids is 1. The smallest absolute Gasteiger partial charge is 0.261 e. The highest BCUT2D eigenvalue weighted by Gasteiger charge is 2.14. The quantitative estimate of drug-likeness (QED) is 0.779. The van der Waals surface area contributed by atoms with Crippen molar-refractivity contribution in [3.05, 3.63) is 16.3 Å². The third-order valence-corrected chi connectivity index (χ3v) is 3.44. The van der Waals surface area contributed by atoms with Crippen molar-refractivity contribution < 1.29 is 13.2 Å². The summed E-state index contributed by atoms with van der Waals surface area (Å²) < 4.78 is 21.8. The maximum atomic E-state index is 11.2. The van der Waals surface area contributed by atoms with Gasteiger partial charge in [-0.2, -0.15) is 0 Å². The molecule has 1 amide bonds. The lowest BCUT2D eigenvalue weighted by Crippen LogP contribution is -2.21. The summed E-state index contributed by atoms with van der Waals surface area (Å²) in [5, 5.41) is 8.80. The van der Waals surface area contributed by atoms with E-state index in [1.54, 1.807) is 6.92 Å². The summed E-state index contributed by atoms with van der Waals surface area (Å²) in [6, 6.07) is 1.27.